The van der Waals surface area contributed by atoms with Crippen LogP contribution in [0.2, 0.25) is 0 Å². The molecule has 2 aromatic rings. The Morgan fingerprint density at radius 1 is 1.12 bits per heavy atom. The van der Waals surface area contributed by atoms with Crippen molar-refractivity contribution in [3.63, 3.8) is 0 Å². The van der Waals surface area contributed by atoms with E-state index < -0.39 is 17.4 Å². The molecule has 4 rings (SSSR count). The summed E-state index contributed by atoms with van der Waals surface area (Å²) in [6.07, 6.45) is 3.84. The molecular weight excluding hydrogens is 405 g/mol. The minimum Gasteiger partial charge on any atom is -0.486 e. The van der Waals surface area contributed by atoms with Crippen LogP contribution >= 0.6 is 0 Å². The van der Waals surface area contributed by atoms with Crippen molar-refractivity contribution in [3.8, 4) is 5.75 Å². The number of piperidine rings is 1. The largest absolute Gasteiger partial charge is 0.486 e. The van der Waals surface area contributed by atoms with Crippen LogP contribution in [0.1, 0.15) is 80.8 Å². The van der Waals surface area contributed by atoms with E-state index in [0.29, 0.717) is 5.92 Å². The van der Waals surface area contributed by atoms with Crippen LogP contribution in [0, 0.1) is 5.82 Å². The zero-order valence-corrected chi connectivity index (χ0v) is 19.6. The number of carbonyl (C=O) groups excluding carboxylic acids is 1. The molecule has 0 N–H and O–H groups in total. The summed E-state index contributed by atoms with van der Waals surface area (Å²) >= 11 is 0. The van der Waals surface area contributed by atoms with E-state index in [2.05, 4.69) is 36.1 Å². The average molecular weight is 440 g/mol. The topological polar surface area (TPSA) is 38.8 Å². The van der Waals surface area contributed by atoms with E-state index in [0.717, 1.165) is 44.3 Å². The number of esters is 1. The Morgan fingerprint density at radius 3 is 2.50 bits per heavy atom. The molecule has 32 heavy (non-hydrogen) atoms. The van der Waals surface area contributed by atoms with Gasteiger partial charge in [0.25, 0.3) is 0 Å². The number of rotatable bonds is 6. The highest BCUT2D eigenvalue weighted by atomic mass is 19.1. The van der Waals surface area contributed by atoms with Crippen LogP contribution in [-0.2, 0) is 11.3 Å². The van der Waals surface area contributed by atoms with Crippen molar-refractivity contribution in [1.29, 1.82) is 0 Å². The first-order valence-corrected chi connectivity index (χ1v) is 11.7. The molecule has 4 nitrogen and oxygen atoms in total. The van der Waals surface area contributed by atoms with Gasteiger partial charge in [0.1, 0.15) is 11.7 Å². The first-order valence-electron chi connectivity index (χ1n) is 11.7. The molecule has 5 heteroatoms. The van der Waals surface area contributed by atoms with E-state index in [-0.39, 0.29) is 23.5 Å². The third kappa shape index (κ3) is 5.50. The predicted octanol–water partition coefficient (Wildman–Crippen LogP) is 6.09. The fraction of sp³-hybridized carbons (Fsp3) is 0.519. The Kier molecular flexibility index (Phi) is 6.57. The SMILES string of the molecule is C[C@H]1[C@H](Oc2cc(C3CC3)cc(C(=O)OC(C)(C)C)c2F)CCCN1Cc1ccccc1. The number of nitrogens with zero attached hydrogens (tertiary/aromatic N) is 1. The fourth-order valence-corrected chi connectivity index (χ4v) is 4.38. The van der Waals surface area contributed by atoms with Crippen molar-refractivity contribution in [3.05, 3.63) is 65.0 Å². The van der Waals surface area contributed by atoms with Crippen LogP contribution < -0.4 is 4.74 Å². The van der Waals surface area contributed by atoms with E-state index in [1.807, 2.05) is 6.07 Å². The second kappa shape index (κ2) is 9.22. The highest BCUT2D eigenvalue weighted by Crippen LogP contribution is 2.43. The van der Waals surface area contributed by atoms with E-state index >= 15 is 4.39 Å². The van der Waals surface area contributed by atoms with Gasteiger partial charge in [-0.3, -0.25) is 4.90 Å². The average Bonchev–Trinajstić information content (AvgIpc) is 3.57. The quantitative estimate of drug-likeness (QED) is 0.511. The Hall–Kier alpha value is -2.40. The molecule has 0 amide bonds. The van der Waals surface area contributed by atoms with E-state index in [1.54, 1.807) is 32.9 Å². The highest BCUT2D eigenvalue weighted by molar-refractivity contribution is 5.91. The van der Waals surface area contributed by atoms with Crippen LogP contribution in [0.15, 0.2) is 42.5 Å². The Bertz CT molecular complexity index is 949. The number of hydrogen-bond acceptors (Lipinski definition) is 4. The smallest absolute Gasteiger partial charge is 0.341 e. The van der Waals surface area contributed by atoms with Gasteiger partial charge in [-0.1, -0.05) is 30.3 Å². The van der Waals surface area contributed by atoms with E-state index in [9.17, 15) is 4.79 Å². The van der Waals surface area contributed by atoms with Crippen LogP contribution in [-0.4, -0.2) is 35.2 Å². The van der Waals surface area contributed by atoms with Gasteiger partial charge in [0.05, 0.1) is 5.56 Å². The second-order valence-electron chi connectivity index (χ2n) is 10.2. The third-order valence-corrected chi connectivity index (χ3v) is 6.28. The Balaban J connectivity index is 1.55. The molecular formula is C27H34FNO3. The second-order valence-corrected chi connectivity index (χ2v) is 10.2. The van der Waals surface area contributed by atoms with Crippen molar-refractivity contribution in [2.45, 2.75) is 83.6 Å². The highest BCUT2D eigenvalue weighted by Gasteiger charge is 2.33. The first kappa shape index (κ1) is 22.8. The molecule has 0 aromatic heterocycles. The normalized spacial score (nSPS) is 21.9. The molecule has 0 bridgehead atoms. The number of carbonyl (C=O) groups is 1. The lowest BCUT2D eigenvalue weighted by Crippen LogP contribution is -2.48. The van der Waals surface area contributed by atoms with Crippen molar-refractivity contribution in [2.24, 2.45) is 0 Å². The van der Waals surface area contributed by atoms with Crippen molar-refractivity contribution in [1.82, 2.24) is 4.90 Å². The minimum absolute atomic E-state index is 0.0241. The maximum atomic E-state index is 15.4. The van der Waals surface area contributed by atoms with Crippen molar-refractivity contribution in [2.75, 3.05) is 6.54 Å². The molecule has 1 aliphatic carbocycles. The molecule has 0 spiro atoms. The lowest BCUT2D eigenvalue weighted by atomic mass is 9.98. The third-order valence-electron chi connectivity index (χ3n) is 6.28. The molecule has 172 valence electrons. The van der Waals surface area contributed by atoms with Gasteiger partial charge in [-0.2, -0.15) is 0 Å². The number of halogens is 1. The maximum Gasteiger partial charge on any atom is 0.341 e. The summed E-state index contributed by atoms with van der Waals surface area (Å²) < 4.78 is 27.2. The summed E-state index contributed by atoms with van der Waals surface area (Å²) in [6.45, 7) is 9.34. The molecule has 1 heterocycles. The Labute approximate surface area is 190 Å². The lowest BCUT2D eigenvalue weighted by Gasteiger charge is -2.39. The van der Waals surface area contributed by atoms with Gasteiger partial charge in [-0.25, -0.2) is 9.18 Å². The summed E-state index contributed by atoms with van der Waals surface area (Å²) in [4.78, 5) is 15.1. The summed E-state index contributed by atoms with van der Waals surface area (Å²) in [6, 6.07) is 14.0. The lowest BCUT2D eigenvalue weighted by molar-refractivity contribution is 0.00595. The maximum absolute atomic E-state index is 15.4. The van der Waals surface area contributed by atoms with Crippen molar-refractivity contribution >= 4 is 5.97 Å². The van der Waals surface area contributed by atoms with Gasteiger partial charge < -0.3 is 9.47 Å². The summed E-state index contributed by atoms with van der Waals surface area (Å²) in [7, 11) is 0. The van der Waals surface area contributed by atoms with Gasteiger partial charge in [-0.15, -0.1) is 0 Å². The van der Waals surface area contributed by atoms with Crippen LogP contribution in [0.25, 0.3) is 0 Å². The van der Waals surface area contributed by atoms with Crippen LogP contribution in [0.4, 0.5) is 4.39 Å². The summed E-state index contributed by atoms with van der Waals surface area (Å²) in [5.74, 6) is -0.702. The van der Waals surface area contributed by atoms with Crippen molar-refractivity contribution < 1.29 is 18.7 Å². The number of likely N-dealkylation sites (tertiary alicyclic amines) is 1. The van der Waals surface area contributed by atoms with E-state index in [4.69, 9.17) is 9.47 Å². The molecule has 1 saturated carbocycles. The zero-order chi connectivity index (χ0) is 22.9. The molecule has 2 atom stereocenters. The molecule has 2 aliphatic rings. The summed E-state index contributed by atoms with van der Waals surface area (Å²) in [5.41, 5.74) is 1.51. The molecule has 0 unspecified atom stereocenters. The van der Waals surface area contributed by atoms with Gasteiger partial charge >= 0.3 is 5.97 Å². The number of ether oxygens (including phenoxy) is 2. The number of hydrogen-bond donors (Lipinski definition) is 0. The van der Waals surface area contributed by atoms with E-state index in [1.165, 1.54) is 5.56 Å². The van der Waals surface area contributed by atoms with Gasteiger partial charge in [-0.05, 0) is 89.1 Å². The van der Waals surface area contributed by atoms with Gasteiger partial charge in [0.15, 0.2) is 11.6 Å². The Morgan fingerprint density at radius 2 is 1.84 bits per heavy atom. The number of benzene rings is 2. The molecule has 2 aromatic carbocycles. The van der Waals surface area contributed by atoms with Crippen LogP contribution in [0.5, 0.6) is 5.75 Å². The van der Waals surface area contributed by atoms with Gasteiger partial charge in [0.2, 0.25) is 0 Å². The standard InChI is InChI=1S/C27H34FNO3/c1-18-23(11-8-14-29(18)17-19-9-6-5-7-10-19)31-24-16-21(20-12-13-20)15-22(25(24)28)26(30)32-27(2,3)4/h5-7,9-10,15-16,18,20,23H,8,11-14,17H2,1-4H3/t18-,23+/m0/s1. The minimum atomic E-state index is -0.685. The zero-order valence-electron chi connectivity index (χ0n) is 19.6. The fourth-order valence-electron chi connectivity index (χ4n) is 4.38. The molecule has 1 saturated heterocycles. The molecule has 2 fully saturated rings. The molecule has 1 aliphatic heterocycles. The summed E-state index contributed by atoms with van der Waals surface area (Å²) in [5, 5.41) is 0. The van der Waals surface area contributed by atoms with Gasteiger partial charge in [0, 0.05) is 12.6 Å². The van der Waals surface area contributed by atoms with Crippen LogP contribution in [0.3, 0.4) is 0 Å². The first-order chi connectivity index (χ1) is 15.2. The predicted molar refractivity (Wildman–Crippen MR) is 124 cm³/mol. The monoisotopic (exact) mass is 439 g/mol. The molecule has 0 radical (unpaired) electrons.